The van der Waals surface area contributed by atoms with Crippen molar-refractivity contribution in [2.24, 2.45) is 10.9 Å². The molecule has 1 aliphatic rings. The van der Waals surface area contributed by atoms with Crippen LogP contribution in [0.4, 0.5) is 0 Å². The van der Waals surface area contributed by atoms with Gasteiger partial charge in [0.05, 0.1) is 19.3 Å². The Morgan fingerprint density at radius 3 is 3.29 bits per heavy atom. The van der Waals surface area contributed by atoms with Crippen molar-refractivity contribution < 1.29 is 9.94 Å². The largest absolute Gasteiger partial charge is 0.409 e. The van der Waals surface area contributed by atoms with E-state index in [1.807, 2.05) is 0 Å². The van der Waals surface area contributed by atoms with Gasteiger partial charge in [0.2, 0.25) is 11.7 Å². The molecule has 0 amide bonds. The lowest BCUT2D eigenvalue weighted by atomic mass is 10.3. The lowest BCUT2D eigenvalue weighted by Crippen LogP contribution is -2.42. The summed E-state index contributed by atoms with van der Waals surface area (Å²) in [6.45, 7) is 3.14. The highest BCUT2D eigenvalue weighted by molar-refractivity contribution is 5.93. The number of oxime groups is 1. The van der Waals surface area contributed by atoms with Gasteiger partial charge in [0, 0.05) is 13.1 Å². The first kappa shape index (κ1) is 11.8. The van der Waals surface area contributed by atoms with Crippen LogP contribution in [0.2, 0.25) is 0 Å². The maximum absolute atomic E-state index is 8.50. The number of rotatable bonds is 3. The summed E-state index contributed by atoms with van der Waals surface area (Å²) in [5.74, 6) is 0.127. The van der Waals surface area contributed by atoms with Gasteiger partial charge in [-0.2, -0.15) is 0 Å². The fourth-order valence-electron chi connectivity index (χ4n) is 1.73. The molecule has 8 heteroatoms. The smallest absolute Gasteiger partial charge is 0.219 e. The van der Waals surface area contributed by atoms with Crippen LogP contribution in [0.25, 0.3) is 0 Å². The third-order valence-electron chi connectivity index (χ3n) is 2.61. The van der Waals surface area contributed by atoms with Gasteiger partial charge in [0.1, 0.15) is 6.33 Å². The number of aromatic nitrogens is 3. The molecule has 17 heavy (non-hydrogen) atoms. The molecule has 1 aromatic heterocycles. The number of nitrogens with two attached hydrogens (primary N) is 1. The molecule has 3 N–H and O–H groups in total. The Bertz CT molecular complexity index is 404. The van der Waals surface area contributed by atoms with Gasteiger partial charge in [0.25, 0.3) is 0 Å². The monoisotopic (exact) mass is 240 g/mol. The summed E-state index contributed by atoms with van der Waals surface area (Å²) in [7, 11) is 2.05. The molecule has 1 aliphatic heterocycles. The van der Waals surface area contributed by atoms with E-state index in [1.165, 1.54) is 0 Å². The highest BCUT2D eigenvalue weighted by Crippen LogP contribution is 2.05. The van der Waals surface area contributed by atoms with Gasteiger partial charge in [-0.25, -0.2) is 9.67 Å². The van der Waals surface area contributed by atoms with Crippen LogP contribution in [0.5, 0.6) is 0 Å². The Morgan fingerprint density at radius 1 is 1.76 bits per heavy atom. The van der Waals surface area contributed by atoms with Gasteiger partial charge in [-0.05, 0) is 7.05 Å². The maximum Gasteiger partial charge on any atom is 0.219 e. The summed E-state index contributed by atoms with van der Waals surface area (Å²) in [5.41, 5.74) is 5.39. The van der Waals surface area contributed by atoms with Crippen LogP contribution in [-0.2, 0) is 11.3 Å². The minimum Gasteiger partial charge on any atom is -0.409 e. The van der Waals surface area contributed by atoms with Gasteiger partial charge >= 0.3 is 0 Å². The SMILES string of the molecule is CN1CCOC(Cn2cnc(C(N)=NO)n2)C1. The molecule has 0 saturated carbocycles. The zero-order valence-electron chi connectivity index (χ0n) is 9.65. The molecular weight excluding hydrogens is 224 g/mol. The highest BCUT2D eigenvalue weighted by atomic mass is 16.5. The summed E-state index contributed by atoms with van der Waals surface area (Å²) in [6, 6.07) is 0. The molecule has 1 atom stereocenters. The number of likely N-dealkylation sites (N-methyl/N-ethyl adjacent to an activating group) is 1. The summed E-state index contributed by atoms with van der Waals surface area (Å²) in [5, 5.41) is 15.4. The zero-order chi connectivity index (χ0) is 12.3. The zero-order valence-corrected chi connectivity index (χ0v) is 9.65. The molecule has 0 aromatic carbocycles. The van der Waals surface area contributed by atoms with Crippen LogP contribution >= 0.6 is 0 Å². The number of amidine groups is 1. The summed E-state index contributed by atoms with van der Waals surface area (Å²) < 4.78 is 7.24. The second kappa shape index (κ2) is 5.11. The standard InChI is InChI=1S/C9H16N6O2/c1-14-2-3-17-7(4-14)5-15-6-11-9(12-15)8(10)13-16/h6-7,16H,2-5H2,1H3,(H2,10,13). The summed E-state index contributed by atoms with van der Waals surface area (Å²) in [6.07, 6.45) is 1.64. The van der Waals surface area contributed by atoms with Gasteiger partial charge in [0.15, 0.2) is 0 Å². The van der Waals surface area contributed by atoms with Crippen LogP contribution in [0.15, 0.2) is 11.5 Å². The lowest BCUT2D eigenvalue weighted by molar-refractivity contribution is -0.0291. The van der Waals surface area contributed by atoms with Gasteiger partial charge in [-0.1, -0.05) is 5.16 Å². The number of morpholine rings is 1. The van der Waals surface area contributed by atoms with E-state index in [9.17, 15) is 0 Å². The third-order valence-corrected chi connectivity index (χ3v) is 2.61. The van der Waals surface area contributed by atoms with Crippen LogP contribution in [-0.4, -0.2) is 63.6 Å². The first-order valence-corrected chi connectivity index (χ1v) is 5.36. The van der Waals surface area contributed by atoms with Crippen molar-refractivity contribution in [2.75, 3.05) is 26.7 Å². The molecule has 1 saturated heterocycles. The Balaban J connectivity index is 1.97. The van der Waals surface area contributed by atoms with Crippen LogP contribution in [0.3, 0.4) is 0 Å². The molecular formula is C9H16N6O2. The van der Waals surface area contributed by atoms with Crippen molar-refractivity contribution in [3.63, 3.8) is 0 Å². The molecule has 0 spiro atoms. The van der Waals surface area contributed by atoms with E-state index in [4.69, 9.17) is 15.7 Å². The first-order valence-electron chi connectivity index (χ1n) is 5.36. The van der Waals surface area contributed by atoms with E-state index in [2.05, 4.69) is 27.2 Å². The summed E-state index contributed by atoms with van der Waals surface area (Å²) in [4.78, 5) is 6.14. The number of hydrogen-bond donors (Lipinski definition) is 2. The molecule has 0 aliphatic carbocycles. The van der Waals surface area contributed by atoms with Crippen LogP contribution in [0, 0.1) is 0 Å². The van der Waals surface area contributed by atoms with E-state index >= 15 is 0 Å². The molecule has 1 unspecified atom stereocenters. The van der Waals surface area contributed by atoms with Gasteiger partial charge < -0.3 is 20.6 Å². The van der Waals surface area contributed by atoms with E-state index in [1.54, 1.807) is 11.0 Å². The van der Waals surface area contributed by atoms with Crippen molar-refractivity contribution in [1.29, 1.82) is 0 Å². The van der Waals surface area contributed by atoms with Crippen molar-refractivity contribution in [1.82, 2.24) is 19.7 Å². The van der Waals surface area contributed by atoms with E-state index < -0.39 is 0 Å². The van der Waals surface area contributed by atoms with E-state index in [0.29, 0.717) is 6.54 Å². The number of ether oxygens (including phenoxy) is 1. The Morgan fingerprint density at radius 2 is 2.59 bits per heavy atom. The minimum absolute atomic E-state index is 0.0922. The second-order valence-corrected chi connectivity index (χ2v) is 4.03. The normalized spacial score (nSPS) is 22.9. The second-order valence-electron chi connectivity index (χ2n) is 4.03. The van der Waals surface area contributed by atoms with Crippen molar-refractivity contribution in [2.45, 2.75) is 12.6 Å². The lowest BCUT2D eigenvalue weighted by Gasteiger charge is -2.29. The quantitative estimate of drug-likeness (QED) is 0.295. The Labute approximate surface area is 98.7 Å². The van der Waals surface area contributed by atoms with Gasteiger partial charge in [-0.15, -0.1) is 5.10 Å². The van der Waals surface area contributed by atoms with Crippen molar-refractivity contribution in [3.8, 4) is 0 Å². The average molecular weight is 240 g/mol. The summed E-state index contributed by atoms with van der Waals surface area (Å²) >= 11 is 0. The Hall–Kier alpha value is -1.67. The molecule has 94 valence electrons. The van der Waals surface area contributed by atoms with E-state index in [0.717, 1.165) is 19.7 Å². The number of hydrogen-bond acceptors (Lipinski definition) is 6. The average Bonchev–Trinajstić information content (AvgIpc) is 2.76. The highest BCUT2D eigenvalue weighted by Gasteiger charge is 2.19. The van der Waals surface area contributed by atoms with Gasteiger partial charge in [-0.3, -0.25) is 0 Å². The molecule has 0 radical (unpaired) electrons. The fourth-order valence-corrected chi connectivity index (χ4v) is 1.73. The predicted octanol–water partition coefficient (Wildman–Crippen LogP) is -1.30. The predicted molar refractivity (Wildman–Crippen MR) is 59.8 cm³/mol. The first-order chi connectivity index (χ1) is 8.19. The van der Waals surface area contributed by atoms with E-state index in [-0.39, 0.29) is 17.8 Å². The van der Waals surface area contributed by atoms with Crippen LogP contribution < -0.4 is 5.73 Å². The molecule has 1 aromatic rings. The molecule has 0 bridgehead atoms. The molecule has 1 fully saturated rings. The van der Waals surface area contributed by atoms with Crippen molar-refractivity contribution >= 4 is 5.84 Å². The maximum atomic E-state index is 8.50. The Kier molecular flexibility index (Phi) is 3.55. The molecule has 8 nitrogen and oxygen atoms in total. The molecule has 2 rings (SSSR count). The number of nitrogens with zero attached hydrogens (tertiary/aromatic N) is 5. The van der Waals surface area contributed by atoms with Crippen molar-refractivity contribution in [3.05, 3.63) is 12.2 Å². The minimum atomic E-state index is -0.0922. The topological polar surface area (TPSA) is 102 Å². The fraction of sp³-hybridized carbons (Fsp3) is 0.667. The van der Waals surface area contributed by atoms with Crippen LogP contribution in [0.1, 0.15) is 5.82 Å². The molecule has 2 heterocycles. The third kappa shape index (κ3) is 2.92.